The van der Waals surface area contributed by atoms with Crippen molar-refractivity contribution in [3.8, 4) is 0 Å². The largest absolute Gasteiger partial charge is 0.388 e. The molecule has 0 radical (unpaired) electrons. The Morgan fingerprint density at radius 3 is 2.82 bits per heavy atom. The predicted molar refractivity (Wildman–Crippen MR) is 63.7 cm³/mol. The minimum atomic E-state index is -0.328. The predicted octanol–water partition coefficient (Wildman–Crippen LogP) is 2.33. The number of hydrogen-bond donors (Lipinski definition) is 1. The number of alkyl halides is 1. The molecule has 0 aromatic carbocycles. The molecule has 2 aromatic rings. The molecule has 0 saturated heterocycles. The van der Waals surface area contributed by atoms with Gasteiger partial charge < -0.3 is 9.67 Å². The standard InChI is InChI=1S/C11H13ClFN3O/c12-9-4-3-8-11(14-9)15-10(7-17)16(8)6-2-1-5-13/h3-4,17H,1-2,5-7H2. The van der Waals surface area contributed by atoms with Crippen LogP contribution in [-0.4, -0.2) is 26.3 Å². The van der Waals surface area contributed by atoms with Crippen LogP contribution < -0.4 is 0 Å². The lowest BCUT2D eigenvalue weighted by molar-refractivity contribution is 0.265. The molecule has 0 unspecified atom stereocenters. The highest BCUT2D eigenvalue weighted by atomic mass is 35.5. The number of nitrogens with zero attached hydrogens (tertiary/aromatic N) is 3. The maximum absolute atomic E-state index is 12.1. The smallest absolute Gasteiger partial charge is 0.179 e. The van der Waals surface area contributed by atoms with E-state index >= 15 is 0 Å². The number of aliphatic hydroxyl groups is 1. The molecule has 0 bridgehead atoms. The highest BCUT2D eigenvalue weighted by Gasteiger charge is 2.10. The van der Waals surface area contributed by atoms with Crippen LogP contribution in [0.15, 0.2) is 12.1 Å². The third kappa shape index (κ3) is 2.56. The van der Waals surface area contributed by atoms with E-state index in [0.717, 1.165) is 5.52 Å². The van der Waals surface area contributed by atoms with E-state index in [2.05, 4.69) is 9.97 Å². The molecule has 2 aromatic heterocycles. The third-order valence-corrected chi connectivity index (χ3v) is 2.78. The van der Waals surface area contributed by atoms with Gasteiger partial charge in [0.15, 0.2) is 5.65 Å². The maximum atomic E-state index is 12.1. The summed E-state index contributed by atoms with van der Waals surface area (Å²) in [5.41, 5.74) is 1.33. The molecule has 6 heteroatoms. The van der Waals surface area contributed by atoms with E-state index in [9.17, 15) is 9.50 Å². The van der Waals surface area contributed by atoms with Crippen molar-refractivity contribution in [3.05, 3.63) is 23.1 Å². The lowest BCUT2D eigenvalue weighted by Crippen LogP contribution is -2.04. The van der Waals surface area contributed by atoms with Gasteiger partial charge in [0.1, 0.15) is 17.6 Å². The number of imidazole rings is 1. The fraction of sp³-hybridized carbons (Fsp3) is 0.455. The van der Waals surface area contributed by atoms with E-state index < -0.39 is 0 Å². The quantitative estimate of drug-likeness (QED) is 0.661. The highest BCUT2D eigenvalue weighted by molar-refractivity contribution is 6.29. The zero-order chi connectivity index (χ0) is 12.3. The number of aromatic nitrogens is 3. The zero-order valence-corrected chi connectivity index (χ0v) is 9.99. The van der Waals surface area contributed by atoms with Crippen LogP contribution in [0.25, 0.3) is 11.2 Å². The van der Waals surface area contributed by atoms with Crippen molar-refractivity contribution < 1.29 is 9.50 Å². The first kappa shape index (κ1) is 12.3. The summed E-state index contributed by atoms with van der Waals surface area (Å²) in [7, 11) is 0. The molecule has 0 spiro atoms. The first-order chi connectivity index (χ1) is 8.26. The summed E-state index contributed by atoms with van der Waals surface area (Å²) in [6, 6.07) is 3.49. The van der Waals surface area contributed by atoms with Gasteiger partial charge in [-0.05, 0) is 25.0 Å². The maximum Gasteiger partial charge on any atom is 0.179 e. The Bertz CT molecular complexity index is 515. The number of aliphatic hydroxyl groups excluding tert-OH is 1. The van der Waals surface area contributed by atoms with E-state index in [0.29, 0.717) is 36.0 Å². The van der Waals surface area contributed by atoms with Gasteiger partial charge >= 0.3 is 0 Å². The molecule has 2 rings (SSSR count). The first-order valence-electron chi connectivity index (χ1n) is 5.44. The molecule has 0 atom stereocenters. The highest BCUT2D eigenvalue weighted by Crippen LogP contribution is 2.18. The Balaban J connectivity index is 2.36. The van der Waals surface area contributed by atoms with Crippen molar-refractivity contribution in [1.29, 1.82) is 0 Å². The number of halogens is 2. The Morgan fingerprint density at radius 1 is 1.29 bits per heavy atom. The van der Waals surface area contributed by atoms with Gasteiger partial charge in [0.05, 0.1) is 12.2 Å². The number of aryl methyl sites for hydroxylation is 1. The average Bonchev–Trinajstić information content (AvgIpc) is 2.67. The molecule has 0 fully saturated rings. The average molecular weight is 258 g/mol. The Labute approximate surface area is 103 Å². The van der Waals surface area contributed by atoms with Crippen LogP contribution in [0, 0.1) is 0 Å². The number of rotatable bonds is 5. The molecule has 4 nitrogen and oxygen atoms in total. The van der Waals surface area contributed by atoms with E-state index in [1.807, 2.05) is 10.6 Å². The van der Waals surface area contributed by atoms with Crippen molar-refractivity contribution in [2.45, 2.75) is 26.0 Å². The Hall–Kier alpha value is -1.20. The molecular weight excluding hydrogens is 245 g/mol. The van der Waals surface area contributed by atoms with E-state index in [1.54, 1.807) is 6.07 Å². The van der Waals surface area contributed by atoms with Crippen LogP contribution in [0.5, 0.6) is 0 Å². The Kier molecular flexibility index (Phi) is 3.91. The monoisotopic (exact) mass is 257 g/mol. The first-order valence-corrected chi connectivity index (χ1v) is 5.82. The lowest BCUT2D eigenvalue weighted by atomic mass is 10.3. The van der Waals surface area contributed by atoms with Gasteiger partial charge in [-0.25, -0.2) is 9.97 Å². The van der Waals surface area contributed by atoms with Crippen molar-refractivity contribution in [3.63, 3.8) is 0 Å². The summed E-state index contributed by atoms with van der Waals surface area (Å²) in [4.78, 5) is 8.28. The van der Waals surface area contributed by atoms with Crippen molar-refractivity contribution in [2.75, 3.05) is 6.67 Å². The van der Waals surface area contributed by atoms with Gasteiger partial charge in [0.25, 0.3) is 0 Å². The molecule has 0 aliphatic carbocycles. The minimum Gasteiger partial charge on any atom is -0.388 e. The second-order valence-electron chi connectivity index (χ2n) is 3.71. The normalized spacial score (nSPS) is 11.2. The van der Waals surface area contributed by atoms with Gasteiger partial charge in [-0.3, -0.25) is 4.39 Å². The number of unbranched alkanes of at least 4 members (excludes halogenated alkanes) is 1. The van der Waals surface area contributed by atoms with Crippen LogP contribution in [0.4, 0.5) is 4.39 Å². The topological polar surface area (TPSA) is 50.9 Å². The van der Waals surface area contributed by atoms with Gasteiger partial charge in [0, 0.05) is 6.54 Å². The second-order valence-corrected chi connectivity index (χ2v) is 4.10. The number of hydrogen-bond acceptors (Lipinski definition) is 3. The summed E-state index contributed by atoms with van der Waals surface area (Å²) in [5, 5.41) is 9.60. The summed E-state index contributed by atoms with van der Waals surface area (Å²) in [6.45, 7) is 0.133. The molecule has 1 N–H and O–H groups in total. The van der Waals surface area contributed by atoms with Crippen molar-refractivity contribution >= 4 is 22.8 Å². The number of fused-ring (bicyclic) bond motifs is 1. The van der Waals surface area contributed by atoms with Crippen molar-refractivity contribution in [1.82, 2.24) is 14.5 Å². The molecule has 0 aliphatic heterocycles. The van der Waals surface area contributed by atoms with Crippen LogP contribution in [0.1, 0.15) is 18.7 Å². The summed E-state index contributed by atoms with van der Waals surface area (Å²) in [6.07, 6.45) is 1.21. The second kappa shape index (κ2) is 5.42. The Morgan fingerprint density at radius 2 is 2.12 bits per heavy atom. The van der Waals surface area contributed by atoms with Crippen LogP contribution >= 0.6 is 11.6 Å². The van der Waals surface area contributed by atoms with Crippen LogP contribution in [-0.2, 0) is 13.2 Å². The van der Waals surface area contributed by atoms with Crippen LogP contribution in [0.3, 0.4) is 0 Å². The zero-order valence-electron chi connectivity index (χ0n) is 9.24. The summed E-state index contributed by atoms with van der Waals surface area (Å²) in [5.74, 6) is 0.536. The third-order valence-electron chi connectivity index (χ3n) is 2.56. The molecule has 2 heterocycles. The fourth-order valence-electron chi connectivity index (χ4n) is 1.77. The lowest BCUT2D eigenvalue weighted by Gasteiger charge is -2.06. The van der Waals surface area contributed by atoms with Crippen molar-refractivity contribution in [2.24, 2.45) is 0 Å². The van der Waals surface area contributed by atoms with Crippen LogP contribution in [0.2, 0.25) is 5.15 Å². The van der Waals surface area contributed by atoms with E-state index in [-0.39, 0.29) is 13.3 Å². The molecule has 0 amide bonds. The van der Waals surface area contributed by atoms with E-state index in [1.165, 1.54) is 0 Å². The molecule has 92 valence electrons. The van der Waals surface area contributed by atoms with Gasteiger partial charge in [0.2, 0.25) is 0 Å². The van der Waals surface area contributed by atoms with Gasteiger partial charge in [-0.15, -0.1) is 0 Å². The molecule has 0 aliphatic rings. The number of pyridine rings is 1. The fourth-order valence-corrected chi connectivity index (χ4v) is 1.91. The molecular formula is C11H13ClFN3O. The van der Waals surface area contributed by atoms with Gasteiger partial charge in [-0.1, -0.05) is 11.6 Å². The summed E-state index contributed by atoms with van der Waals surface area (Å²) < 4.78 is 13.9. The van der Waals surface area contributed by atoms with E-state index in [4.69, 9.17) is 11.6 Å². The minimum absolute atomic E-state index is 0.163. The molecule has 0 saturated carbocycles. The SMILES string of the molecule is OCc1nc2nc(Cl)ccc2n1CCCCF. The molecule has 17 heavy (non-hydrogen) atoms. The van der Waals surface area contributed by atoms with Gasteiger partial charge in [-0.2, -0.15) is 0 Å². The summed E-state index contributed by atoms with van der Waals surface area (Å²) >= 11 is 5.78.